The molecular formula is C48H48O6P+. The zero-order valence-electron chi connectivity index (χ0n) is 32.1. The highest BCUT2D eigenvalue weighted by Gasteiger charge is 2.53. The second-order valence-electron chi connectivity index (χ2n) is 14.0. The fourth-order valence-corrected chi connectivity index (χ4v) is 9.79. The molecule has 0 aliphatic heterocycles. The van der Waals surface area contributed by atoms with Gasteiger partial charge in [0.1, 0.15) is 33.2 Å². The highest BCUT2D eigenvalue weighted by atomic mass is 31.2. The summed E-state index contributed by atoms with van der Waals surface area (Å²) in [5, 5.41) is 2.80. The number of hydrogen-bond acceptors (Lipinski definition) is 6. The van der Waals surface area contributed by atoms with Gasteiger partial charge >= 0.3 is 5.97 Å². The molecule has 6 rings (SSSR count). The Labute approximate surface area is 325 Å². The van der Waals surface area contributed by atoms with Gasteiger partial charge in [0.25, 0.3) is 7.49 Å². The monoisotopic (exact) mass is 751 g/mol. The van der Waals surface area contributed by atoms with Gasteiger partial charge in [-0.3, -0.25) is 9.32 Å². The maximum absolute atomic E-state index is 14.3. The molecule has 55 heavy (non-hydrogen) atoms. The first-order chi connectivity index (χ1) is 26.6. The van der Waals surface area contributed by atoms with E-state index in [4.69, 9.17) is 18.7 Å². The van der Waals surface area contributed by atoms with Crippen LogP contribution in [0.1, 0.15) is 61.2 Å². The van der Waals surface area contributed by atoms with Crippen molar-refractivity contribution in [2.45, 2.75) is 59.2 Å². The summed E-state index contributed by atoms with van der Waals surface area (Å²) in [7, 11) is -2.88. The molecule has 0 aromatic heterocycles. The minimum Gasteiger partial charge on any atom is -0.493 e. The lowest BCUT2D eigenvalue weighted by Gasteiger charge is -2.30. The number of ketones is 1. The third kappa shape index (κ3) is 9.16. The van der Waals surface area contributed by atoms with Crippen LogP contribution >= 0.6 is 7.49 Å². The van der Waals surface area contributed by atoms with Gasteiger partial charge in [0.15, 0.2) is 5.78 Å². The van der Waals surface area contributed by atoms with Gasteiger partial charge in [0, 0.05) is 12.0 Å². The Morgan fingerprint density at radius 3 is 1.73 bits per heavy atom. The molecule has 0 saturated heterocycles. The van der Waals surface area contributed by atoms with Gasteiger partial charge in [-0.15, -0.1) is 0 Å². The van der Waals surface area contributed by atoms with Gasteiger partial charge in [-0.1, -0.05) is 97.9 Å². The summed E-state index contributed by atoms with van der Waals surface area (Å²) in [5.41, 5.74) is 1.76. The largest absolute Gasteiger partial charge is 0.493 e. The van der Waals surface area contributed by atoms with Crippen molar-refractivity contribution in [2.24, 2.45) is 0 Å². The van der Waals surface area contributed by atoms with Crippen molar-refractivity contribution in [3.8, 4) is 17.2 Å². The number of carbonyl (C=O) groups is 2. The molecule has 0 N–H and O–H groups in total. The minimum atomic E-state index is -2.88. The van der Waals surface area contributed by atoms with Crippen molar-refractivity contribution in [1.29, 1.82) is 0 Å². The predicted molar refractivity (Wildman–Crippen MR) is 223 cm³/mol. The Bertz CT molecular complexity index is 2090. The lowest BCUT2D eigenvalue weighted by atomic mass is 9.99. The average Bonchev–Trinajstić information content (AvgIpc) is 3.22. The van der Waals surface area contributed by atoms with Gasteiger partial charge < -0.3 is 14.2 Å². The molecule has 7 heteroatoms. The number of carbonyl (C=O) groups excluding carboxylic acids is 2. The van der Waals surface area contributed by atoms with Crippen LogP contribution in [0.3, 0.4) is 0 Å². The van der Waals surface area contributed by atoms with Crippen molar-refractivity contribution in [3.05, 3.63) is 180 Å². The van der Waals surface area contributed by atoms with Gasteiger partial charge in [-0.25, -0.2) is 4.79 Å². The summed E-state index contributed by atoms with van der Waals surface area (Å²) >= 11 is 0. The molecule has 0 heterocycles. The summed E-state index contributed by atoms with van der Waals surface area (Å²) in [4.78, 5) is 27.7. The Hall–Kier alpha value is -5.71. The van der Waals surface area contributed by atoms with E-state index < -0.39 is 19.1 Å². The summed E-state index contributed by atoms with van der Waals surface area (Å²) in [6, 6.07) is 50.5. The van der Waals surface area contributed by atoms with Crippen molar-refractivity contribution >= 4 is 35.2 Å². The van der Waals surface area contributed by atoms with Crippen LogP contribution in [-0.4, -0.2) is 30.1 Å². The van der Waals surface area contributed by atoms with E-state index in [0.29, 0.717) is 41.4 Å². The molecule has 0 radical (unpaired) electrons. The van der Waals surface area contributed by atoms with Gasteiger partial charge in [0.2, 0.25) is 5.60 Å². The van der Waals surface area contributed by atoms with Crippen LogP contribution in [0.15, 0.2) is 158 Å². The molecule has 6 aromatic carbocycles. The fourth-order valence-electron chi connectivity index (χ4n) is 6.34. The lowest BCUT2D eigenvalue weighted by Crippen LogP contribution is -2.44. The fraction of sp³-hybridized carbons (Fsp3) is 0.208. The minimum absolute atomic E-state index is 0.0619. The molecule has 0 amide bonds. The molecule has 0 bridgehead atoms. The maximum atomic E-state index is 14.3. The van der Waals surface area contributed by atoms with E-state index in [9.17, 15) is 9.59 Å². The molecule has 0 aliphatic carbocycles. The molecule has 0 aliphatic rings. The number of ether oxygens (including phenoxy) is 3. The normalized spacial score (nSPS) is 12.0. The van der Waals surface area contributed by atoms with Crippen molar-refractivity contribution in [3.63, 3.8) is 0 Å². The van der Waals surface area contributed by atoms with Crippen LogP contribution in [0.5, 0.6) is 17.2 Å². The first-order valence-electron chi connectivity index (χ1n) is 18.7. The SMILES string of the molecule is CCc1ccc(OC(C)CCOc2ccc(OC(C)(C)C(=O)O[P+](c3ccccc3)(c3ccccc3)c3ccccc3)c(C)c2)c(C(=O)c2ccccc2)c1. The third-order valence-corrected chi connectivity index (χ3v) is 13.0. The molecule has 0 spiro atoms. The second kappa shape index (κ2) is 17.6. The first-order valence-corrected chi connectivity index (χ1v) is 20.4. The summed E-state index contributed by atoms with van der Waals surface area (Å²) in [6.07, 6.45) is 1.21. The van der Waals surface area contributed by atoms with E-state index in [0.717, 1.165) is 33.5 Å². The Balaban J connectivity index is 1.12. The van der Waals surface area contributed by atoms with E-state index in [1.54, 1.807) is 13.8 Å². The van der Waals surface area contributed by atoms with Gasteiger partial charge in [0.05, 0.1) is 18.3 Å². The Morgan fingerprint density at radius 2 is 1.20 bits per heavy atom. The number of rotatable bonds is 16. The van der Waals surface area contributed by atoms with Gasteiger partial charge in [-0.2, -0.15) is 0 Å². The topological polar surface area (TPSA) is 71.1 Å². The smallest absolute Gasteiger partial charge is 0.394 e. The van der Waals surface area contributed by atoms with E-state index in [1.807, 2.05) is 172 Å². The van der Waals surface area contributed by atoms with Crippen LogP contribution < -0.4 is 30.1 Å². The second-order valence-corrected chi connectivity index (χ2v) is 16.9. The van der Waals surface area contributed by atoms with Gasteiger partial charge in [-0.05, 0) is 112 Å². The first kappa shape index (κ1) is 39.0. The van der Waals surface area contributed by atoms with Crippen LogP contribution in [0.2, 0.25) is 0 Å². The van der Waals surface area contributed by atoms with E-state index in [-0.39, 0.29) is 11.9 Å². The van der Waals surface area contributed by atoms with Crippen molar-refractivity contribution in [1.82, 2.24) is 0 Å². The van der Waals surface area contributed by atoms with Crippen molar-refractivity contribution in [2.75, 3.05) is 6.61 Å². The van der Waals surface area contributed by atoms with E-state index in [2.05, 4.69) is 6.92 Å². The van der Waals surface area contributed by atoms with E-state index >= 15 is 0 Å². The highest BCUT2D eigenvalue weighted by molar-refractivity contribution is 7.92. The zero-order valence-corrected chi connectivity index (χ0v) is 33.0. The van der Waals surface area contributed by atoms with Crippen LogP contribution in [0, 0.1) is 6.92 Å². The molecule has 6 aromatic rings. The molecule has 0 fully saturated rings. The average molecular weight is 752 g/mol. The lowest BCUT2D eigenvalue weighted by molar-refractivity contribution is -0.148. The predicted octanol–water partition coefficient (Wildman–Crippen LogP) is 9.63. The molecule has 6 nitrogen and oxygen atoms in total. The molecule has 1 unspecified atom stereocenters. The van der Waals surface area contributed by atoms with Crippen LogP contribution in [0.4, 0.5) is 0 Å². The third-order valence-electron chi connectivity index (χ3n) is 9.44. The number of hydrogen-bond donors (Lipinski definition) is 0. The Morgan fingerprint density at radius 1 is 0.673 bits per heavy atom. The number of aryl methyl sites for hydroxylation is 2. The van der Waals surface area contributed by atoms with E-state index in [1.165, 1.54) is 0 Å². The Kier molecular flexibility index (Phi) is 12.5. The molecular weight excluding hydrogens is 703 g/mol. The zero-order chi connectivity index (χ0) is 38.8. The standard InChI is InChI=1S/C48H48O6P/c1-6-37-27-29-45(43(34-37)46(49)38-19-11-7-12-20-38)52-36(3)31-32-51-39-28-30-44(35(2)33-39)53-48(4,5)47(50)54-55(40-21-13-8-14-22-40,41-23-15-9-16-24-41)42-25-17-10-18-26-42/h7-30,33-34,36H,6,31-32H2,1-5H3/q+1. The maximum Gasteiger partial charge on any atom is 0.394 e. The quantitative estimate of drug-likeness (QED) is 0.0725. The molecule has 280 valence electrons. The highest BCUT2D eigenvalue weighted by Crippen LogP contribution is 2.57. The molecule has 1 atom stereocenters. The van der Waals surface area contributed by atoms with Crippen LogP contribution in [0.25, 0.3) is 0 Å². The summed E-state index contributed by atoms with van der Waals surface area (Å²) < 4.78 is 25.6. The van der Waals surface area contributed by atoms with Crippen molar-refractivity contribution < 1.29 is 28.3 Å². The summed E-state index contributed by atoms with van der Waals surface area (Å²) in [6.45, 7) is 9.85. The number of benzene rings is 6. The summed E-state index contributed by atoms with van der Waals surface area (Å²) in [5.74, 6) is 1.26. The molecule has 0 saturated carbocycles. The van der Waals surface area contributed by atoms with Crippen LogP contribution in [-0.2, 0) is 15.7 Å².